The normalized spacial score (nSPS) is 17.7. The maximum atomic E-state index is 14.7. The number of carboxylic acid groups (broad SMARTS) is 2. The van der Waals surface area contributed by atoms with Gasteiger partial charge in [-0.2, -0.15) is 0 Å². The molecule has 0 aromatic rings. The molecule has 44 nitrogen and oxygen atoms in total. The summed E-state index contributed by atoms with van der Waals surface area (Å²) in [6.07, 6.45) is -3.18. The smallest absolute Gasteiger partial charge is 0.328 e. The predicted molar refractivity (Wildman–Crippen MR) is 379 cm³/mol. The van der Waals surface area contributed by atoms with Gasteiger partial charge in [0, 0.05) is 13.1 Å². The minimum absolute atomic E-state index is 0.0940. The molecule has 0 spiro atoms. The van der Waals surface area contributed by atoms with Crippen molar-refractivity contribution < 1.29 is 92.3 Å². The van der Waals surface area contributed by atoms with Gasteiger partial charge in [-0.05, 0) is 163 Å². The lowest BCUT2D eigenvalue weighted by molar-refractivity contribution is -0.147. The van der Waals surface area contributed by atoms with Gasteiger partial charge in [-0.15, -0.1) is 0 Å². The zero-order valence-electron chi connectivity index (χ0n) is 60.7. The van der Waals surface area contributed by atoms with E-state index in [-0.39, 0.29) is 110 Å². The van der Waals surface area contributed by atoms with Crippen molar-refractivity contribution in [1.29, 1.82) is 0 Å². The van der Waals surface area contributed by atoms with Gasteiger partial charge in [0.1, 0.15) is 91.4 Å². The lowest BCUT2D eigenvalue weighted by atomic mass is 10.0. The van der Waals surface area contributed by atoms with E-state index in [0.29, 0.717) is 38.6 Å². The molecule has 0 aliphatic carbocycles. The first-order valence-electron chi connectivity index (χ1n) is 35.5. The molecule has 2 aliphatic rings. The van der Waals surface area contributed by atoms with Crippen LogP contribution >= 0.6 is 0 Å². The number of unbranched alkanes of at least 4 members (excludes halogenated alkanes) is 2. The molecular weight excluding hydrogens is 1400 g/mol. The zero-order chi connectivity index (χ0) is 79.9. The molecular formula is C62H117N25O19. The van der Waals surface area contributed by atoms with Crippen molar-refractivity contribution in [2.24, 2.45) is 51.6 Å². The highest BCUT2D eigenvalue weighted by Crippen LogP contribution is 2.26. The van der Waals surface area contributed by atoms with Crippen LogP contribution in [0.1, 0.15) is 137 Å². The molecule has 2 saturated heterocycles. The molecule has 2 fully saturated rings. The molecule has 2 heterocycles. The third-order valence-electron chi connectivity index (χ3n) is 17.1. The Morgan fingerprint density at radius 1 is 0.434 bits per heavy atom. The van der Waals surface area contributed by atoms with Gasteiger partial charge in [-0.25, -0.2) is 4.79 Å². The van der Waals surface area contributed by atoms with Crippen LogP contribution in [0.3, 0.4) is 0 Å². The molecule has 604 valence electrons. The van der Waals surface area contributed by atoms with Crippen LogP contribution < -0.4 is 126 Å². The number of hydrogen-bond acceptors (Lipinski definition) is 29. The molecule has 14 atom stereocenters. The number of likely N-dealkylation sites (tertiary alicyclic amines) is 2. The number of aliphatic hydroxyl groups is 2. The van der Waals surface area contributed by atoms with E-state index in [1.807, 2.05) is 5.32 Å². The fourth-order valence-electron chi connectivity index (χ4n) is 11.3. The van der Waals surface area contributed by atoms with Crippen LogP contribution in [0.15, 0.2) is 0 Å². The van der Waals surface area contributed by atoms with Crippen molar-refractivity contribution in [2.75, 3.05) is 59.0 Å². The highest BCUT2D eigenvalue weighted by molar-refractivity contribution is 6.00. The van der Waals surface area contributed by atoms with Crippen molar-refractivity contribution in [1.82, 2.24) is 84.2 Å². The standard InChI is InChI=1S/C62H117N25O19/c1-31(65)57(103)87-27-13-20-43(87)58(104)86-26-12-19-42(86)55(101)75-29-44(90)85-46(34(4)89)56(102)77-33(3)47(93)78-37(16-9-23-72-60(66)67)51(97)82-39(18-11-25-74-62(70)71)53(99)80-36(15-6-8-22-64)50(96)81-38(17-10-24-73-61(68)69)52(98)79-35(14-5-7-21-63)49(95)76-32(2)48(94)83-40(28-45(91)92)54(100)84-41(30-88)59(105)106/h31-43,46,60-62,72-74,88-89H,5-30,63-71H2,1-4H3,(H,75,101)(H,76,95)(H,77,102)(H,78,93)(H,79,98)(H,80,99)(H,81,96)(H,82,97)(H,83,94)(H,84,100)(H,85,90)(H,91,92)(H,105,106)/t31-,32-,33-,34+,35-,36-,37-,38-,39-,40-,41-,42-,43-,46-/m0/s1. The summed E-state index contributed by atoms with van der Waals surface area (Å²) in [4.78, 5) is 205. The molecule has 0 unspecified atom stereocenters. The minimum atomic E-state index is -1.89. The number of nitrogens with two attached hydrogens (primary N) is 9. The molecule has 36 N–H and O–H groups in total. The van der Waals surface area contributed by atoms with Crippen molar-refractivity contribution in [3.05, 3.63) is 0 Å². The van der Waals surface area contributed by atoms with E-state index in [1.165, 1.54) is 30.6 Å². The van der Waals surface area contributed by atoms with Crippen molar-refractivity contribution >= 4 is 88.7 Å². The summed E-state index contributed by atoms with van der Waals surface area (Å²) in [5.41, 5.74) is 51.6. The SMILES string of the molecule is C[C@H](N)C(=O)N1CCC[C@H]1C(=O)N1CCC[C@H]1C(=O)NCC(=O)N[C@H](C(=O)N[C@@H](C)C(=O)N[C@@H](CCCNC(N)N)C(=O)N[C@@H](CCCNC(N)N)C(=O)N[C@@H](CCCCN)C(=O)N[C@@H](CCCNC(N)N)C(=O)N[C@@H](CCCCN)C(=O)N[C@@H](C)C(=O)N[C@@H](CC(=O)O)C(=O)N[C@@H](CO)C(=O)O)[C@@H](C)O. The van der Waals surface area contributed by atoms with Gasteiger partial charge in [0.2, 0.25) is 76.8 Å². The topological polar surface area (TPSA) is 746 Å². The van der Waals surface area contributed by atoms with Crippen LogP contribution in [0.2, 0.25) is 0 Å². The maximum Gasteiger partial charge on any atom is 0.328 e. The van der Waals surface area contributed by atoms with E-state index >= 15 is 0 Å². The number of nitrogens with zero attached hydrogens (tertiary/aromatic N) is 2. The number of aliphatic hydroxyl groups excluding tert-OH is 2. The minimum Gasteiger partial charge on any atom is -0.481 e. The van der Waals surface area contributed by atoms with Crippen molar-refractivity contribution in [3.8, 4) is 0 Å². The summed E-state index contributed by atoms with van der Waals surface area (Å²) in [5.74, 6) is -14.9. The quantitative estimate of drug-likeness (QED) is 0.0199. The molecule has 0 aromatic carbocycles. The highest BCUT2D eigenvalue weighted by Gasteiger charge is 2.43. The Morgan fingerprint density at radius 3 is 1.17 bits per heavy atom. The summed E-state index contributed by atoms with van der Waals surface area (Å²) >= 11 is 0. The highest BCUT2D eigenvalue weighted by atomic mass is 16.4. The second-order valence-electron chi connectivity index (χ2n) is 26.1. The molecule has 0 radical (unpaired) electrons. The van der Waals surface area contributed by atoms with Crippen molar-refractivity contribution in [2.45, 2.75) is 240 Å². The first-order chi connectivity index (χ1) is 50.0. The number of aliphatic carboxylic acids is 2. The van der Waals surface area contributed by atoms with Gasteiger partial charge in [-0.3, -0.25) is 83.1 Å². The molecule has 0 bridgehead atoms. The van der Waals surface area contributed by atoms with E-state index in [1.54, 1.807) is 0 Å². The van der Waals surface area contributed by atoms with Gasteiger partial charge < -0.3 is 140 Å². The summed E-state index contributed by atoms with van der Waals surface area (Å²) in [6.45, 7) is 4.44. The van der Waals surface area contributed by atoms with E-state index in [9.17, 15) is 92.3 Å². The van der Waals surface area contributed by atoms with Crippen molar-refractivity contribution in [3.63, 3.8) is 0 Å². The zero-order valence-corrected chi connectivity index (χ0v) is 60.7. The Morgan fingerprint density at radius 2 is 0.792 bits per heavy atom. The summed E-state index contributed by atoms with van der Waals surface area (Å²) < 4.78 is 0. The molecule has 2 aliphatic heterocycles. The fourth-order valence-corrected chi connectivity index (χ4v) is 11.3. The lowest BCUT2D eigenvalue weighted by Crippen LogP contribution is -2.61. The predicted octanol–water partition coefficient (Wildman–Crippen LogP) is -12.8. The van der Waals surface area contributed by atoms with Gasteiger partial charge in [-0.1, -0.05) is 0 Å². The lowest BCUT2D eigenvalue weighted by Gasteiger charge is -2.31. The van der Waals surface area contributed by atoms with Crippen LogP contribution in [0.5, 0.6) is 0 Å². The Balaban J connectivity index is 2.44. The molecule has 0 aromatic heterocycles. The number of carbonyl (C=O) groups excluding carboxylic acids is 13. The summed E-state index contributed by atoms with van der Waals surface area (Å²) in [7, 11) is 0. The van der Waals surface area contributed by atoms with Crippen LogP contribution in [0, 0.1) is 0 Å². The first kappa shape index (κ1) is 93.6. The maximum absolute atomic E-state index is 14.7. The molecule has 0 saturated carbocycles. The van der Waals surface area contributed by atoms with Crippen LogP contribution in [0.25, 0.3) is 0 Å². The average molecular weight is 1520 g/mol. The monoisotopic (exact) mass is 1520 g/mol. The van der Waals surface area contributed by atoms with Gasteiger partial charge in [0.15, 0.2) is 0 Å². The molecule has 106 heavy (non-hydrogen) atoms. The fraction of sp³-hybridized carbons (Fsp3) is 0.758. The van der Waals surface area contributed by atoms with E-state index in [4.69, 9.17) is 51.6 Å². The van der Waals surface area contributed by atoms with Gasteiger partial charge in [0.05, 0.1) is 31.7 Å². The third-order valence-corrected chi connectivity index (χ3v) is 17.1. The van der Waals surface area contributed by atoms with E-state index in [0.717, 1.165) is 6.92 Å². The molecule has 2 rings (SSSR count). The van der Waals surface area contributed by atoms with Crippen LogP contribution in [-0.4, -0.2) is 281 Å². The average Bonchev–Trinajstić information content (AvgIpc) is 1.65. The Hall–Kier alpha value is -8.51. The number of amides is 13. The number of carbonyl (C=O) groups is 15. The Labute approximate surface area is 614 Å². The number of rotatable bonds is 52. The van der Waals surface area contributed by atoms with Crippen LogP contribution in [-0.2, 0) is 71.9 Å². The largest absolute Gasteiger partial charge is 0.481 e. The van der Waals surface area contributed by atoms with Gasteiger partial charge >= 0.3 is 11.9 Å². The summed E-state index contributed by atoms with van der Waals surface area (Å²) in [6, 6.07) is -18.5. The Bertz CT molecular complexity index is 2900. The summed E-state index contributed by atoms with van der Waals surface area (Å²) in [5, 5.41) is 73.9. The number of carboxylic acids is 2. The molecule has 13 amide bonds. The number of hydrogen-bond donors (Lipinski definition) is 27. The van der Waals surface area contributed by atoms with Crippen LogP contribution in [0.4, 0.5) is 0 Å². The first-order valence-corrected chi connectivity index (χ1v) is 35.5. The second kappa shape index (κ2) is 49.4. The van der Waals surface area contributed by atoms with E-state index < -0.39 is 212 Å². The number of nitrogens with one attached hydrogen (secondary N) is 14. The third kappa shape index (κ3) is 34.4. The Kier molecular flexibility index (Phi) is 43.6. The second-order valence-corrected chi connectivity index (χ2v) is 26.1. The van der Waals surface area contributed by atoms with Gasteiger partial charge in [0.25, 0.3) is 0 Å². The van der Waals surface area contributed by atoms with E-state index in [2.05, 4.69) is 69.1 Å². The molecule has 44 heteroatoms.